The number of nitrogens with zero attached hydrogens (tertiary/aromatic N) is 2. The third-order valence-electron chi connectivity index (χ3n) is 4.69. The lowest BCUT2D eigenvalue weighted by atomic mass is 9.98. The minimum atomic E-state index is -0.433. The Balaban J connectivity index is 1.91. The molecular formula is C20H26Cl2N2O4S. The molecule has 1 aliphatic heterocycles. The van der Waals surface area contributed by atoms with Crippen LogP contribution >= 0.6 is 35.0 Å². The Labute approximate surface area is 185 Å². The average Bonchev–Trinajstić information content (AvgIpc) is 2.70. The molecule has 6 nitrogen and oxygen atoms in total. The summed E-state index contributed by atoms with van der Waals surface area (Å²) in [5.41, 5.74) is 0. The van der Waals surface area contributed by atoms with Crippen LogP contribution in [-0.2, 0) is 19.1 Å². The van der Waals surface area contributed by atoms with Crippen molar-refractivity contribution in [2.45, 2.75) is 36.8 Å². The molecule has 2 amide bonds. The van der Waals surface area contributed by atoms with Gasteiger partial charge in [0.1, 0.15) is 0 Å². The normalized spacial score (nSPS) is 17.6. The van der Waals surface area contributed by atoms with Gasteiger partial charge in [-0.2, -0.15) is 0 Å². The molecule has 1 fully saturated rings. The molecule has 1 heterocycles. The van der Waals surface area contributed by atoms with E-state index in [2.05, 4.69) is 0 Å². The highest BCUT2D eigenvalue weighted by Crippen LogP contribution is 2.33. The van der Waals surface area contributed by atoms with Crippen molar-refractivity contribution in [3.63, 3.8) is 0 Å². The van der Waals surface area contributed by atoms with Crippen LogP contribution in [0.1, 0.15) is 26.7 Å². The largest absolute Gasteiger partial charge is 0.466 e. The van der Waals surface area contributed by atoms with Crippen molar-refractivity contribution >= 4 is 52.7 Å². The third-order valence-corrected chi connectivity index (χ3v) is 6.51. The lowest BCUT2D eigenvalue weighted by Crippen LogP contribution is -2.48. The smallest absolute Gasteiger partial charge is 0.310 e. The van der Waals surface area contributed by atoms with Gasteiger partial charge in [-0.1, -0.05) is 23.2 Å². The van der Waals surface area contributed by atoms with E-state index in [0.717, 1.165) is 6.42 Å². The molecule has 0 spiro atoms. The number of halogens is 2. The van der Waals surface area contributed by atoms with Gasteiger partial charge in [0.05, 0.1) is 29.3 Å². The number of hydrogen-bond donors (Lipinski definition) is 0. The van der Waals surface area contributed by atoms with Gasteiger partial charge in [0.2, 0.25) is 11.8 Å². The fraction of sp³-hybridized carbons (Fsp3) is 0.550. The van der Waals surface area contributed by atoms with Crippen LogP contribution in [0.4, 0.5) is 0 Å². The first-order valence-corrected chi connectivity index (χ1v) is 11.2. The number of esters is 1. The van der Waals surface area contributed by atoms with Crippen LogP contribution in [0.15, 0.2) is 23.1 Å². The second-order valence-electron chi connectivity index (χ2n) is 6.96. The summed E-state index contributed by atoms with van der Waals surface area (Å²) in [6, 6.07) is 5.09. The predicted molar refractivity (Wildman–Crippen MR) is 115 cm³/mol. The van der Waals surface area contributed by atoms with E-state index in [-0.39, 0.29) is 30.2 Å². The summed E-state index contributed by atoms with van der Waals surface area (Å²) in [6.45, 7) is 4.74. The zero-order valence-corrected chi connectivity index (χ0v) is 19.1. The number of rotatable bonds is 7. The van der Waals surface area contributed by atoms with Crippen molar-refractivity contribution in [1.82, 2.24) is 9.80 Å². The minimum Gasteiger partial charge on any atom is -0.466 e. The molecular weight excluding hydrogens is 435 g/mol. The molecule has 0 N–H and O–H groups in total. The highest BCUT2D eigenvalue weighted by atomic mass is 35.5. The summed E-state index contributed by atoms with van der Waals surface area (Å²) in [4.78, 5) is 41.1. The topological polar surface area (TPSA) is 66.9 Å². The Kier molecular flexibility index (Phi) is 9.11. The number of thioether (sulfide) groups is 1. The molecule has 0 bridgehead atoms. The molecule has 2 rings (SSSR count). The standard InChI is InChI=1S/C20H26Cl2N2O4S/c1-4-28-20(27)14-6-5-9-24(11-14)18(25)12-23(3)19(26)13(2)29-17-10-15(21)7-8-16(17)22/h7-8,10,13-14H,4-6,9,11-12H2,1-3H3. The van der Waals surface area contributed by atoms with E-state index in [9.17, 15) is 14.4 Å². The molecule has 0 radical (unpaired) electrons. The van der Waals surface area contributed by atoms with Crippen LogP contribution in [0.3, 0.4) is 0 Å². The van der Waals surface area contributed by atoms with Gasteiger partial charge in [-0.15, -0.1) is 11.8 Å². The van der Waals surface area contributed by atoms with Crippen LogP contribution in [0.2, 0.25) is 10.0 Å². The molecule has 1 aromatic carbocycles. The minimum absolute atomic E-state index is 0.0391. The quantitative estimate of drug-likeness (QED) is 0.457. The number of hydrogen-bond acceptors (Lipinski definition) is 5. The lowest BCUT2D eigenvalue weighted by molar-refractivity contribution is -0.152. The summed E-state index contributed by atoms with van der Waals surface area (Å²) in [5, 5.41) is 0.634. The summed E-state index contributed by atoms with van der Waals surface area (Å²) in [6.07, 6.45) is 1.46. The number of carbonyl (C=O) groups excluding carboxylic acids is 3. The maximum atomic E-state index is 12.7. The molecule has 1 aromatic rings. The van der Waals surface area contributed by atoms with Crippen molar-refractivity contribution in [2.75, 3.05) is 33.3 Å². The zero-order chi connectivity index (χ0) is 21.6. The van der Waals surface area contributed by atoms with Crippen molar-refractivity contribution < 1.29 is 19.1 Å². The number of piperidine rings is 1. The van der Waals surface area contributed by atoms with Gasteiger partial charge in [-0.3, -0.25) is 14.4 Å². The first kappa shape index (κ1) is 23.8. The SMILES string of the molecule is CCOC(=O)C1CCCN(C(=O)CN(C)C(=O)C(C)Sc2cc(Cl)ccc2Cl)C1. The first-order chi connectivity index (χ1) is 13.7. The molecule has 160 valence electrons. The molecule has 2 unspecified atom stereocenters. The van der Waals surface area contributed by atoms with Gasteiger partial charge < -0.3 is 14.5 Å². The van der Waals surface area contributed by atoms with Crippen LogP contribution in [0.25, 0.3) is 0 Å². The van der Waals surface area contributed by atoms with Gasteiger partial charge in [0, 0.05) is 30.1 Å². The van der Waals surface area contributed by atoms with Gasteiger partial charge in [0.15, 0.2) is 0 Å². The van der Waals surface area contributed by atoms with Crippen LogP contribution < -0.4 is 0 Å². The summed E-state index contributed by atoms with van der Waals surface area (Å²) in [7, 11) is 1.60. The summed E-state index contributed by atoms with van der Waals surface area (Å²) in [5.74, 6) is -0.919. The molecule has 29 heavy (non-hydrogen) atoms. The third kappa shape index (κ3) is 6.79. The molecule has 1 aliphatic rings. The summed E-state index contributed by atoms with van der Waals surface area (Å²) < 4.78 is 5.07. The summed E-state index contributed by atoms with van der Waals surface area (Å²) >= 11 is 13.5. The molecule has 0 saturated carbocycles. The van der Waals surface area contributed by atoms with E-state index >= 15 is 0 Å². The van der Waals surface area contributed by atoms with Gasteiger partial charge >= 0.3 is 5.97 Å². The fourth-order valence-electron chi connectivity index (χ4n) is 3.16. The number of likely N-dealkylation sites (N-methyl/N-ethyl adjacent to an activating group) is 1. The average molecular weight is 461 g/mol. The zero-order valence-electron chi connectivity index (χ0n) is 16.8. The number of likely N-dealkylation sites (tertiary alicyclic amines) is 1. The monoisotopic (exact) mass is 460 g/mol. The van der Waals surface area contributed by atoms with Crippen LogP contribution in [-0.4, -0.2) is 66.1 Å². The Bertz CT molecular complexity index is 762. The van der Waals surface area contributed by atoms with Gasteiger partial charge in [0.25, 0.3) is 0 Å². The molecule has 1 saturated heterocycles. The van der Waals surface area contributed by atoms with E-state index < -0.39 is 5.25 Å². The van der Waals surface area contributed by atoms with E-state index in [1.807, 2.05) is 0 Å². The van der Waals surface area contributed by atoms with E-state index in [1.54, 1.807) is 44.0 Å². The first-order valence-electron chi connectivity index (χ1n) is 9.54. The van der Waals surface area contributed by atoms with E-state index in [4.69, 9.17) is 27.9 Å². The Morgan fingerprint density at radius 3 is 2.76 bits per heavy atom. The number of amides is 2. The second kappa shape index (κ2) is 11.1. The maximum absolute atomic E-state index is 12.7. The maximum Gasteiger partial charge on any atom is 0.310 e. The second-order valence-corrected chi connectivity index (χ2v) is 9.19. The Morgan fingerprint density at radius 1 is 1.34 bits per heavy atom. The number of ether oxygens (including phenoxy) is 1. The predicted octanol–water partition coefficient (Wildman–Crippen LogP) is 3.73. The highest BCUT2D eigenvalue weighted by Gasteiger charge is 2.30. The number of benzene rings is 1. The fourth-order valence-corrected chi connectivity index (χ4v) is 4.68. The lowest BCUT2D eigenvalue weighted by Gasteiger charge is -2.33. The molecule has 0 aromatic heterocycles. The van der Waals surface area contributed by atoms with Crippen LogP contribution in [0.5, 0.6) is 0 Å². The van der Waals surface area contributed by atoms with Crippen molar-refractivity contribution in [3.8, 4) is 0 Å². The molecule has 9 heteroatoms. The Hall–Kier alpha value is -1.44. The van der Waals surface area contributed by atoms with E-state index in [0.29, 0.717) is 41.1 Å². The van der Waals surface area contributed by atoms with Crippen LogP contribution in [0, 0.1) is 5.92 Å². The number of carbonyl (C=O) groups is 3. The molecule has 2 atom stereocenters. The van der Waals surface area contributed by atoms with Crippen molar-refractivity contribution in [1.29, 1.82) is 0 Å². The van der Waals surface area contributed by atoms with Gasteiger partial charge in [-0.25, -0.2) is 0 Å². The van der Waals surface area contributed by atoms with E-state index in [1.165, 1.54) is 16.7 Å². The highest BCUT2D eigenvalue weighted by molar-refractivity contribution is 8.00. The Morgan fingerprint density at radius 2 is 2.07 bits per heavy atom. The van der Waals surface area contributed by atoms with Crippen molar-refractivity contribution in [3.05, 3.63) is 28.2 Å². The van der Waals surface area contributed by atoms with Gasteiger partial charge in [-0.05, 0) is 44.9 Å². The molecule has 0 aliphatic carbocycles. The van der Waals surface area contributed by atoms with Crippen molar-refractivity contribution in [2.24, 2.45) is 5.92 Å².